The van der Waals surface area contributed by atoms with Crippen LogP contribution in [0.4, 0.5) is 17.2 Å². The van der Waals surface area contributed by atoms with E-state index in [9.17, 15) is 4.79 Å². The van der Waals surface area contributed by atoms with Gasteiger partial charge in [-0.1, -0.05) is 17.7 Å². The van der Waals surface area contributed by atoms with Crippen molar-refractivity contribution in [3.8, 4) is 5.75 Å². The average Bonchev–Trinajstić information content (AvgIpc) is 2.39. The lowest BCUT2D eigenvalue weighted by molar-refractivity contribution is -0.118. The largest absolute Gasteiger partial charge is 0.481 e. The molecule has 2 heterocycles. The molecule has 1 aromatic heterocycles. The Balaban J connectivity index is 1.95. The van der Waals surface area contributed by atoms with Crippen molar-refractivity contribution in [2.24, 2.45) is 0 Å². The maximum atomic E-state index is 11.4. The number of fused-ring (bicyclic) bond motifs is 1. The number of carbonyl (C=O) groups is 1. The van der Waals surface area contributed by atoms with Gasteiger partial charge in [-0.2, -0.15) is 0 Å². The van der Waals surface area contributed by atoms with Crippen LogP contribution < -0.4 is 15.4 Å². The number of anilines is 3. The summed E-state index contributed by atoms with van der Waals surface area (Å²) in [4.78, 5) is 19.2. The molecule has 19 heavy (non-hydrogen) atoms. The molecule has 1 aromatic carbocycles. The lowest BCUT2D eigenvalue weighted by atomic mass is 10.2. The molecule has 6 nitrogen and oxygen atoms in total. The summed E-state index contributed by atoms with van der Waals surface area (Å²) < 4.78 is 5.33. The number of hydrogen-bond donors (Lipinski definition) is 2. The molecule has 0 atom stereocenters. The number of para-hydroxylation sites is 1. The number of rotatable bonds is 2. The van der Waals surface area contributed by atoms with Gasteiger partial charge in [0.15, 0.2) is 6.61 Å². The third-order valence-electron chi connectivity index (χ3n) is 2.55. The van der Waals surface area contributed by atoms with Gasteiger partial charge >= 0.3 is 0 Å². The maximum absolute atomic E-state index is 11.4. The van der Waals surface area contributed by atoms with Gasteiger partial charge in [0.05, 0.1) is 5.69 Å². The fourth-order valence-electron chi connectivity index (χ4n) is 1.74. The normalized spacial score (nSPS) is 13.2. The van der Waals surface area contributed by atoms with E-state index >= 15 is 0 Å². The van der Waals surface area contributed by atoms with Crippen LogP contribution in [0.5, 0.6) is 5.75 Å². The molecule has 96 valence electrons. The van der Waals surface area contributed by atoms with Gasteiger partial charge in [0.2, 0.25) is 0 Å². The van der Waals surface area contributed by atoms with Crippen LogP contribution in [0.15, 0.2) is 30.6 Å². The Morgan fingerprint density at radius 2 is 2.26 bits per heavy atom. The zero-order valence-corrected chi connectivity index (χ0v) is 10.4. The standard InChI is InChI=1S/C12H9ClN4O2/c13-9-4-10(15-6-14-9)16-7-2-1-3-8-12(7)17-11(18)5-19-8/h1-4,6H,5H2,(H,17,18)(H,14,15,16). The van der Waals surface area contributed by atoms with Crippen LogP contribution in [0.3, 0.4) is 0 Å². The van der Waals surface area contributed by atoms with Crippen molar-refractivity contribution < 1.29 is 9.53 Å². The number of halogens is 1. The Morgan fingerprint density at radius 3 is 3.11 bits per heavy atom. The molecule has 2 aromatic rings. The number of nitrogens with one attached hydrogen (secondary N) is 2. The lowest BCUT2D eigenvalue weighted by Crippen LogP contribution is -2.25. The summed E-state index contributed by atoms with van der Waals surface area (Å²) >= 11 is 5.79. The van der Waals surface area contributed by atoms with Crippen molar-refractivity contribution in [2.45, 2.75) is 0 Å². The first-order chi connectivity index (χ1) is 9.22. The summed E-state index contributed by atoms with van der Waals surface area (Å²) in [5.41, 5.74) is 1.27. The predicted molar refractivity (Wildman–Crippen MR) is 70.9 cm³/mol. The van der Waals surface area contributed by atoms with Crippen LogP contribution >= 0.6 is 11.6 Å². The smallest absolute Gasteiger partial charge is 0.262 e. The zero-order valence-electron chi connectivity index (χ0n) is 9.68. The molecule has 2 N–H and O–H groups in total. The summed E-state index contributed by atoms with van der Waals surface area (Å²) in [6.07, 6.45) is 1.36. The molecule has 0 aliphatic carbocycles. The second-order valence-corrected chi connectivity index (χ2v) is 4.25. The molecule has 0 bridgehead atoms. The van der Waals surface area contributed by atoms with E-state index < -0.39 is 0 Å². The fourth-order valence-corrected chi connectivity index (χ4v) is 1.89. The highest BCUT2D eigenvalue weighted by molar-refractivity contribution is 6.29. The van der Waals surface area contributed by atoms with Crippen LogP contribution in [-0.4, -0.2) is 22.5 Å². The summed E-state index contributed by atoms with van der Waals surface area (Å²) in [6, 6.07) is 7.00. The summed E-state index contributed by atoms with van der Waals surface area (Å²) in [6.45, 7) is 0.0236. The van der Waals surface area contributed by atoms with Crippen molar-refractivity contribution in [1.82, 2.24) is 9.97 Å². The van der Waals surface area contributed by atoms with Gasteiger partial charge in [0.1, 0.15) is 28.7 Å². The zero-order chi connectivity index (χ0) is 13.2. The minimum Gasteiger partial charge on any atom is -0.481 e. The monoisotopic (exact) mass is 276 g/mol. The van der Waals surface area contributed by atoms with Gasteiger partial charge in [-0.15, -0.1) is 0 Å². The van der Waals surface area contributed by atoms with Crippen LogP contribution in [0.1, 0.15) is 0 Å². The maximum Gasteiger partial charge on any atom is 0.262 e. The Bertz CT molecular complexity index is 647. The van der Waals surface area contributed by atoms with E-state index in [1.807, 2.05) is 12.1 Å². The minimum absolute atomic E-state index is 0.0236. The molecule has 0 radical (unpaired) electrons. The summed E-state index contributed by atoms with van der Waals surface area (Å²) in [7, 11) is 0. The van der Waals surface area contributed by atoms with Crippen LogP contribution in [-0.2, 0) is 4.79 Å². The number of carbonyl (C=O) groups excluding carboxylic acids is 1. The molecule has 0 saturated carbocycles. The molecule has 1 aliphatic heterocycles. The number of amides is 1. The highest BCUT2D eigenvalue weighted by Crippen LogP contribution is 2.36. The predicted octanol–water partition coefficient (Wildman–Crippen LogP) is 2.20. The number of nitrogens with zero attached hydrogens (tertiary/aromatic N) is 2. The minimum atomic E-state index is -0.192. The third-order valence-corrected chi connectivity index (χ3v) is 2.75. The Hall–Kier alpha value is -2.34. The fraction of sp³-hybridized carbons (Fsp3) is 0.0833. The van der Waals surface area contributed by atoms with Gasteiger partial charge in [0, 0.05) is 6.07 Å². The third kappa shape index (κ3) is 2.43. The molecule has 0 spiro atoms. The molecule has 1 amide bonds. The first kappa shape index (κ1) is 11.7. The van der Waals surface area contributed by atoms with E-state index in [0.29, 0.717) is 28.1 Å². The molecule has 7 heteroatoms. The van der Waals surface area contributed by atoms with Crippen molar-refractivity contribution in [3.05, 3.63) is 35.7 Å². The first-order valence-electron chi connectivity index (χ1n) is 5.52. The van der Waals surface area contributed by atoms with Gasteiger partial charge in [-0.3, -0.25) is 4.79 Å². The molecule has 3 rings (SSSR count). The molecule has 0 unspecified atom stereocenters. The topological polar surface area (TPSA) is 76.1 Å². The van der Waals surface area contributed by atoms with Crippen LogP contribution in [0.25, 0.3) is 0 Å². The van der Waals surface area contributed by atoms with E-state index in [4.69, 9.17) is 16.3 Å². The van der Waals surface area contributed by atoms with Gasteiger partial charge in [-0.25, -0.2) is 9.97 Å². The highest BCUT2D eigenvalue weighted by atomic mass is 35.5. The Kier molecular flexibility index (Phi) is 2.92. The van der Waals surface area contributed by atoms with Crippen molar-refractivity contribution in [2.75, 3.05) is 17.2 Å². The van der Waals surface area contributed by atoms with E-state index in [1.54, 1.807) is 12.1 Å². The molecular formula is C12H9ClN4O2. The second kappa shape index (κ2) is 4.74. The van der Waals surface area contributed by atoms with E-state index in [-0.39, 0.29) is 12.5 Å². The quantitative estimate of drug-likeness (QED) is 0.823. The van der Waals surface area contributed by atoms with E-state index in [1.165, 1.54) is 6.33 Å². The van der Waals surface area contributed by atoms with Crippen molar-refractivity contribution in [3.63, 3.8) is 0 Å². The van der Waals surface area contributed by atoms with Gasteiger partial charge in [0.25, 0.3) is 5.91 Å². The van der Waals surface area contributed by atoms with Gasteiger partial charge in [-0.05, 0) is 12.1 Å². The van der Waals surface area contributed by atoms with Crippen molar-refractivity contribution >= 4 is 34.7 Å². The Labute approximate surface area is 113 Å². The van der Waals surface area contributed by atoms with E-state index in [2.05, 4.69) is 20.6 Å². The second-order valence-electron chi connectivity index (χ2n) is 3.87. The highest BCUT2D eigenvalue weighted by Gasteiger charge is 2.19. The van der Waals surface area contributed by atoms with Crippen LogP contribution in [0.2, 0.25) is 5.15 Å². The van der Waals surface area contributed by atoms with Crippen LogP contribution in [0, 0.1) is 0 Å². The first-order valence-corrected chi connectivity index (χ1v) is 5.90. The van der Waals surface area contributed by atoms with Gasteiger partial charge < -0.3 is 15.4 Å². The lowest BCUT2D eigenvalue weighted by Gasteiger charge is -2.21. The SMILES string of the molecule is O=C1COc2cccc(Nc3cc(Cl)ncn3)c2N1. The average molecular weight is 277 g/mol. The summed E-state index contributed by atoms with van der Waals surface area (Å²) in [5, 5.41) is 6.16. The molecule has 0 saturated heterocycles. The number of hydrogen-bond acceptors (Lipinski definition) is 5. The molecule has 1 aliphatic rings. The van der Waals surface area contributed by atoms with E-state index in [0.717, 1.165) is 0 Å². The summed E-state index contributed by atoms with van der Waals surface area (Å²) in [5.74, 6) is 0.959. The Morgan fingerprint density at radius 1 is 1.37 bits per heavy atom. The number of ether oxygens (including phenoxy) is 1. The number of benzene rings is 1. The molecule has 0 fully saturated rings. The van der Waals surface area contributed by atoms with Crippen molar-refractivity contribution in [1.29, 1.82) is 0 Å². The molecular weight excluding hydrogens is 268 g/mol. The number of aromatic nitrogens is 2.